The fourth-order valence-corrected chi connectivity index (χ4v) is 1.42. The first-order valence-corrected chi connectivity index (χ1v) is 5.72. The van der Waals surface area contributed by atoms with Crippen LogP contribution in [0.1, 0.15) is 26.0 Å². The van der Waals surface area contributed by atoms with Gasteiger partial charge in [-0.05, 0) is 5.92 Å². The van der Waals surface area contributed by atoms with Crippen molar-refractivity contribution >= 4 is 12.0 Å². The smallest absolute Gasteiger partial charge is 0.315 e. The number of urea groups is 1. The molecular weight excluding hydrogens is 236 g/mol. The molecule has 0 bridgehead atoms. The maximum atomic E-state index is 11.6. The molecular formula is C11H18N4O3. The zero-order chi connectivity index (χ0) is 13.5. The molecule has 0 aliphatic heterocycles. The van der Waals surface area contributed by atoms with Crippen LogP contribution in [0.15, 0.2) is 12.5 Å². The third-order valence-corrected chi connectivity index (χ3v) is 2.51. The summed E-state index contributed by atoms with van der Waals surface area (Å²) in [6.45, 7) is 4.05. The third kappa shape index (κ3) is 4.86. The monoisotopic (exact) mass is 254 g/mol. The molecule has 0 aliphatic rings. The molecule has 1 rings (SSSR count). The molecule has 0 fully saturated rings. The van der Waals surface area contributed by atoms with E-state index in [1.807, 2.05) is 13.8 Å². The van der Waals surface area contributed by atoms with Gasteiger partial charge in [-0.3, -0.25) is 4.79 Å². The lowest BCUT2D eigenvalue weighted by Crippen LogP contribution is -2.45. The Bertz CT molecular complexity index is 389. The lowest BCUT2D eigenvalue weighted by atomic mass is 10.0. The van der Waals surface area contributed by atoms with Crippen LogP contribution in [0, 0.1) is 5.92 Å². The van der Waals surface area contributed by atoms with Crippen molar-refractivity contribution in [1.29, 1.82) is 0 Å². The SMILES string of the molecule is CC(C)C(CC(=O)O)NC(=O)NCc1cnc[nH]1. The molecule has 0 aromatic carbocycles. The van der Waals surface area contributed by atoms with Crippen LogP contribution in [0.25, 0.3) is 0 Å². The highest BCUT2D eigenvalue weighted by atomic mass is 16.4. The minimum Gasteiger partial charge on any atom is -0.481 e. The molecule has 0 aliphatic carbocycles. The molecule has 7 heteroatoms. The Hall–Kier alpha value is -2.05. The van der Waals surface area contributed by atoms with Crippen molar-refractivity contribution in [2.45, 2.75) is 32.9 Å². The maximum Gasteiger partial charge on any atom is 0.315 e. The van der Waals surface area contributed by atoms with Gasteiger partial charge in [0.05, 0.1) is 25.0 Å². The summed E-state index contributed by atoms with van der Waals surface area (Å²) in [6.07, 6.45) is 3.04. The van der Waals surface area contributed by atoms with E-state index in [1.165, 1.54) is 6.33 Å². The number of aliphatic carboxylic acids is 1. The molecule has 0 spiro atoms. The highest BCUT2D eigenvalue weighted by Crippen LogP contribution is 2.05. The number of carbonyl (C=O) groups excluding carboxylic acids is 1. The van der Waals surface area contributed by atoms with Crippen LogP contribution >= 0.6 is 0 Å². The first-order chi connectivity index (χ1) is 8.49. The van der Waals surface area contributed by atoms with Crippen molar-refractivity contribution in [2.75, 3.05) is 0 Å². The molecule has 1 aromatic rings. The first kappa shape index (κ1) is 14.0. The van der Waals surface area contributed by atoms with Gasteiger partial charge in [-0.15, -0.1) is 0 Å². The van der Waals surface area contributed by atoms with Crippen LogP contribution in [0.2, 0.25) is 0 Å². The van der Waals surface area contributed by atoms with Gasteiger partial charge < -0.3 is 20.7 Å². The summed E-state index contributed by atoms with van der Waals surface area (Å²) in [5.41, 5.74) is 0.782. The Labute approximate surface area is 105 Å². The minimum absolute atomic E-state index is 0.0546. The highest BCUT2D eigenvalue weighted by molar-refractivity contribution is 5.75. The third-order valence-electron chi connectivity index (χ3n) is 2.51. The number of H-pyrrole nitrogens is 1. The Kier molecular flexibility index (Phi) is 5.16. The molecule has 1 heterocycles. The van der Waals surface area contributed by atoms with E-state index in [9.17, 15) is 9.59 Å². The number of carboxylic acids is 1. The molecule has 4 N–H and O–H groups in total. The number of carbonyl (C=O) groups is 2. The number of aromatic amines is 1. The quantitative estimate of drug-likeness (QED) is 0.599. The van der Waals surface area contributed by atoms with Crippen molar-refractivity contribution in [2.24, 2.45) is 5.92 Å². The summed E-state index contributed by atoms with van der Waals surface area (Å²) in [5.74, 6) is -0.874. The van der Waals surface area contributed by atoms with E-state index in [0.717, 1.165) is 5.69 Å². The molecule has 0 saturated carbocycles. The van der Waals surface area contributed by atoms with E-state index < -0.39 is 5.97 Å². The zero-order valence-electron chi connectivity index (χ0n) is 10.4. The number of aromatic nitrogens is 2. The molecule has 2 amide bonds. The van der Waals surface area contributed by atoms with Gasteiger partial charge in [-0.2, -0.15) is 0 Å². The molecule has 1 aromatic heterocycles. The molecule has 7 nitrogen and oxygen atoms in total. The predicted molar refractivity (Wildman–Crippen MR) is 64.8 cm³/mol. The molecule has 100 valence electrons. The van der Waals surface area contributed by atoms with Crippen LogP contribution in [0.3, 0.4) is 0 Å². The molecule has 18 heavy (non-hydrogen) atoms. The van der Waals surface area contributed by atoms with Crippen LogP contribution in [0.4, 0.5) is 4.79 Å². The van der Waals surface area contributed by atoms with Gasteiger partial charge in [-0.25, -0.2) is 9.78 Å². The van der Waals surface area contributed by atoms with Crippen molar-refractivity contribution in [3.8, 4) is 0 Å². The van der Waals surface area contributed by atoms with Crippen molar-refractivity contribution in [3.63, 3.8) is 0 Å². The van der Waals surface area contributed by atoms with E-state index in [1.54, 1.807) is 6.20 Å². The number of carboxylic acid groups (broad SMARTS) is 1. The van der Waals surface area contributed by atoms with E-state index >= 15 is 0 Å². The second kappa shape index (κ2) is 6.63. The van der Waals surface area contributed by atoms with E-state index in [4.69, 9.17) is 5.11 Å². The van der Waals surface area contributed by atoms with E-state index in [-0.39, 0.29) is 24.4 Å². The maximum absolute atomic E-state index is 11.6. The Morgan fingerprint density at radius 2 is 2.22 bits per heavy atom. The summed E-state index contributed by atoms with van der Waals surface area (Å²) in [5, 5.41) is 14.0. The minimum atomic E-state index is -0.928. The van der Waals surface area contributed by atoms with Crippen LogP contribution in [-0.4, -0.2) is 33.1 Å². The number of hydrogen-bond acceptors (Lipinski definition) is 3. The Morgan fingerprint density at radius 1 is 1.50 bits per heavy atom. The number of imidazole rings is 1. The molecule has 1 unspecified atom stereocenters. The Morgan fingerprint density at radius 3 is 2.72 bits per heavy atom. The number of nitrogens with zero attached hydrogens (tertiary/aromatic N) is 1. The second-order valence-electron chi connectivity index (χ2n) is 4.35. The second-order valence-corrected chi connectivity index (χ2v) is 4.35. The van der Waals surface area contributed by atoms with Crippen LogP contribution in [0.5, 0.6) is 0 Å². The van der Waals surface area contributed by atoms with Gasteiger partial charge in [0.1, 0.15) is 0 Å². The predicted octanol–water partition coefficient (Wildman–Crippen LogP) is 0.708. The number of hydrogen-bond donors (Lipinski definition) is 4. The summed E-state index contributed by atoms with van der Waals surface area (Å²) in [6, 6.07) is -0.770. The van der Waals surface area contributed by atoms with Crippen molar-refractivity contribution < 1.29 is 14.7 Å². The van der Waals surface area contributed by atoms with Gasteiger partial charge in [0.25, 0.3) is 0 Å². The average molecular weight is 254 g/mol. The first-order valence-electron chi connectivity index (χ1n) is 5.72. The van der Waals surface area contributed by atoms with Gasteiger partial charge >= 0.3 is 12.0 Å². The molecule has 0 radical (unpaired) electrons. The largest absolute Gasteiger partial charge is 0.481 e. The van der Waals surface area contributed by atoms with Gasteiger partial charge in [0.2, 0.25) is 0 Å². The summed E-state index contributed by atoms with van der Waals surface area (Å²) < 4.78 is 0. The van der Waals surface area contributed by atoms with Crippen LogP contribution < -0.4 is 10.6 Å². The van der Waals surface area contributed by atoms with E-state index in [2.05, 4.69) is 20.6 Å². The zero-order valence-corrected chi connectivity index (χ0v) is 10.4. The molecule has 0 saturated heterocycles. The number of amides is 2. The van der Waals surface area contributed by atoms with Gasteiger partial charge in [-0.1, -0.05) is 13.8 Å². The number of nitrogens with one attached hydrogen (secondary N) is 3. The Balaban J connectivity index is 2.38. The fraction of sp³-hybridized carbons (Fsp3) is 0.545. The van der Waals surface area contributed by atoms with E-state index in [0.29, 0.717) is 6.54 Å². The standard InChI is InChI=1S/C11H18N4O3/c1-7(2)9(3-10(16)17)15-11(18)13-5-8-4-12-6-14-8/h4,6-7,9H,3,5H2,1-2H3,(H,12,14)(H,16,17)(H2,13,15,18). The summed E-state index contributed by atoms with van der Waals surface area (Å²) in [4.78, 5) is 28.9. The normalized spacial score (nSPS) is 12.2. The van der Waals surface area contributed by atoms with Gasteiger partial charge in [0, 0.05) is 12.2 Å². The summed E-state index contributed by atoms with van der Waals surface area (Å²) >= 11 is 0. The average Bonchev–Trinajstić information content (AvgIpc) is 2.77. The number of rotatable bonds is 6. The van der Waals surface area contributed by atoms with Crippen molar-refractivity contribution in [3.05, 3.63) is 18.2 Å². The molecule has 1 atom stereocenters. The van der Waals surface area contributed by atoms with Crippen molar-refractivity contribution in [1.82, 2.24) is 20.6 Å². The summed E-state index contributed by atoms with van der Waals surface area (Å²) in [7, 11) is 0. The lowest BCUT2D eigenvalue weighted by molar-refractivity contribution is -0.137. The lowest BCUT2D eigenvalue weighted by Gasteiger charge is -2.20. The highest BCUT2D eigenvalue weighted by Gasteiger charge is 2.19. The topological polar surface area (TPSA) is 107 Å². The van der Waals surface area contributed by atoms with Crippen LogP contribution in [-0.2, 0) is 11.3 Å². The van der Waals surface area contributed by atoms with Gasteiger partial charge in [0.15, 0.2) is 0 Å². The fourth-order valence-electron chi connectivity index (χ4n) is 1.42.